The van der Waals surface area contributed by atoms with Crippen LogP contribution in [0.4, 0.5) is 5.69 Å². The Morgan fingerprint density at radius 3 is 2.40 bits per heavy atom. The second-order valence-corrected chi connectivity index (χ2v) is 9.31. The second-order valence-electron chi connectivity index (χ2n) is 9.31. The normalized spacial score (nSPS) is 23.4. The highest BCUT2D eigenvalue weighted by Gasteiger charge is 2.35. The third-order valence-corrected chi connectivity index (χ3v) is 7.03. The second kappa shape index (κ2) is 9.83. The molecule has 1 fully saturated rings. The molecular weight excluding hydrogens is 364 g/mol. The Hall–Kier alpha value is -2.06. The minimum atomic E-state index is 0.267. The average molecular weight is 405 g/mol. The molecule has 0 saturated carbocycles. The fraction of sp³-hybridized carbons (Fsp3) is 0.500. The van der Waals surface area contributed by atoms with Gasteiger partial charge in [0, 0.05) is 17.9 Å². The number of aryl methyl sites for hydroxylation is 2. The van der Waals surface area contributed by atoms with Gasteiger partial charge in [-0.15, -0.1) is 0 Å². The Bertz CT molecular complexity index is 824. The van der Waals surface area contributed by atoms with Crippen LogP contribution in [0.1, 0.15) is 64.0 Å². The van der Waals surface area contributed by atoms with Gasteiger partial charge in [0.1, 0.15) is 0 Å². The molecule has 3 atom stereocenters. The van der Waals surface area contributed by atoms with E-state index >= 15 is 0 Å². The molecule has 3 unspecified atom stereocenters. The van der Waals surface area contributed by atoms with Crippen LogP contribution in [0.5, 0.6) is 0 Å². The summed E-state index contributed by atoms with van der Waals surface area (Å²) in [6.45, 7) is 21.1. The number of anilines is 1. The van der Waals surface area contributed by atoms with Gasteiger partial charge in [-0.1, -0.05) is 54.7 Å². The molecule has 1 heterocycles. The minimum absolute atomic E-state index is 0.267. The van der Waals surface area contributed by atoms with E-state index in [0.717, 1.165) is 19.4 Å². The zero-order valence-electron chi connectivity index (χ0n) is 19.7. The summed E-state index contributed by atoms with van der Waals surface area (Å²) >= 11 is 0. The number of hydrogen-bond acceptors (Lipinski definition) is 2. The van der Waals surface area contributed by atoms with Crippen LogP contribution in [0.15, 0.2) is 66.6 Å². The van der Waals surface area contributed by atoms with Gasteiger partial charge in [0.15, 0.2) is 0 Å². The quantitative estimate of drug-likeness (QED) is 0.439. The van der Waals surface area contributed by atoms with Gasteiger partial charge in [0.2, 0.25) is 0 Å². The maximum atomic E-state index is 4.72. The highest BCUT2D eigenvalue weighted by atomic mass is 15.3. The van der Waals surface area contributed by atoms with Crippen LogP contribution in [-0.2, 0) is 0 Å². The van der Waals surface area contributed by atoms with Crippen LogP contribution >= 0.6 is 0 Å². The number of rotatable bonds is 7. The lowest BCUT2D eigenvalue weighted by Crippen LogP contribution is -2.44. The number of likely N-dealkylation sites (tertiary alicyclic amines) is 1. The van der Waals surface area contributed by atoms with Crippen molar-refractivity contribution in [2.75, 3.05) is 11.4 Å². The van der Waals surface area contributed by atoms with Gasteiger partial charge < -0.3 is 4.90 Å². The number of hydrogen-bond donors (Lipinski definition) is 0. The number of allylic oxidation sites excluding steroid dienone is 3. The van der Waals surface area contributed by atoms with Crippen molar-refractivity contribution < 1.29 is 0 Å². The molecule has 0 bridgehead atoms. The third-order valence-electron chi connectivity index (χ3n) is 7.03. The fourth-order valence-corrected chi connectivity index (χ4v) is 5.29. The summed E-state index contributed by atoms with van der Waals surface area (Å²) in [5.41, 5.74) is 7.91. The van der Waals surface area contributed by atoms with Gasteiger partial charge in [-0.2, -0.15) is 0 Å². The lowest BCUT2D eigenvalue weighted by atomic mass is 9.82. The van der Waals surface area contributed by atoms with Crippen molar-refractivity contribution in [3.63, 3.8) is 0 Å². The molecule has 3 rings (SSSR count). The lowest BCUT2D eigenvalue weighted by molar-refractivity contribution is 0.230. The van der Waals surface area contributed by atoms with E-state index in [1.54, 1.807) is 5.57 Å². The SMILES string of the molecule is C=C(C)C1CC=C(C(C(=C)N(/C=C\C)c2c(C)cccc2C)N2CCCC2C)CC1. The molecule has 0 amide bonds. The minimum Gasteiger partial charge on any atom is -0.319 e. The first-order chi connectivity index (χ1) is 14.3. The molecule has 2 nitrogen and oxygen atoms in total. The van der Waals surface area contributed by atoms with E-state index < -0.39 is 0 Å². The van der Waals surface area contributed by atoms with Gasteiger partial charge in [0.05, 0.1) is 11.7 Å². The smallest absolute Gasteiger partial charge is 0.0715 e. The summed E-state index contributed by atoms with van der Waals surface area (Å²) in [5.74, 6) is 0.629. The molecule has 0 radical (unpaired) electrons. The van der Waals surface area contributed by atoms with Gasteiger partial charge in [-0.3, -0.25) is 4.90 Å². The van der Waals surface area contributed by atoms with E-state index in [-0.39, 0.29) is 6.04 Å². The average Bonchev–Trinajstić information content (AvgIpc) is 3.13. The molecule has 2 aliphatic rings. The molecule has 1 saturated heterocycles. The molecule has 30 heavy (non-hydrogen) atoms. The van der Waals surface area contributed by atoms with E-state index in [9.17, 15) is 0 Å². The molecule has 1 aliphatic carbocycles. The van der Waals surface area contributed by atoms with Crippen LogP contribution in [0.2, 0.25) is 0 Å². The Kier molecular flexibility index (Phi) is 7.41. The molecule has 162 valence electrons. The van der Waals surface area contributed by atoms with E-state index in [1.807, 2.05) is 0 Å². The number of nitrogens with zero attached hydrogens (tertiary/aromatic N) is 2. The third kappa shape index (κ3) is 4.64. The van der Waals surface area contributed by atoms with E-state index in [4.69, 9.17) is 6.58 Å². The first-order valence-corrected chi connectivity index (χ1v) is 11.6. The van der Waals surface area contributed by atoms with Gasteiger partial charge in [0.25, 0.3) is 0 Å². The van der Waals surface area contributed by atoms with Crippen molar-refractivity contribution in [3.05, 3.63) is 77.7 Å². The van der Waals surface area contributed by atoms with Crippen LogP contribution in [-0.4, -0.2) is 23.5 Å². The Morgan fingerprint density at radius 2 is 1.90 bits per heavy atom. The van der Waals surface area contributed by atoms with Crippen LogP contribution in [0.3, 0.4) is 0 Å². The Morgan fingerprint density at radius 1 is 1.20 bits per heavy atom. The van der Waals surface area contributed by atoms with Crippen molar-refractivity contribution in [1.29, 1.82) is 0 Å². The van der Waals surface area contributed by atoms with Crippen molar-refractivity contribution in [1.82, 2.24) is 4.90 Å². The van der Waals surface area contributed by atoms with Crippen LogP contribution in [0.25, 0.3) is 0 Å². The lowest BCUT2D eigenvalue weighted by Gasteiger charge is -2.41. The van der Waals surface area contributed by atoms with E-state index in [2.05, 4.69) is 87.5 Å². The summed E-state index contributed by atoms with van der Waals surface area (Å²) in [6.07, 6.45) is 12.9. The van der Waals surface area contributed by atoms with E-state index in [0.29, 0.717) is 12.0 Å². The fourth-order valence-electron chi connectivity index (χ4n) is 5.29. The first-order valence-electron chi connectivity index (χ1n) is 11.6. The molecule has 0 aromatic heterocycles. The molecule has 1 aromatic rings. The molecule has 0 spiro atoms. The largest absolute Gasteiger partial charge is 0.319 e. The molecule has 0 N–H and O–H groups in total. The van der Waals surface area contributed by atoms with E-state index in [1.165, 1.54) is 47.3 Å². The van der Waals surface area contributed by atoms with Crippen molar-refractivity contribution in [2.24, 2.45) is 5.92 Å². The highest BCUT2D eigenvalue weighted by Crippen LogP contribution is 2.38. The summed E-state index contributed by atoms with van der Waals surface area (Å²) < 4.78 is 0. The predicted molar refractivity (Wildman–Crippen MR) is 132 cm³/mol. The Labute approximate surface area is 184 Å². The molecule has 1 aromatic carbocycles. The topological polar surface area (TPSA) is 6.48 Å². The van der Waals surface area contributed by atoms with Crippen molar-refractivity contribution in [3.8, 4) is 0 Å². The first kappa shape index (κ1) is 22.6. The zero-order chi connectivity index (χ0) is 21.8. The highest BCUT2D eigenvalue weighted by molar-refractivity contribution is 5.65. The van der Waals surface area contributed by atoms with Gasteiger partial charge in [-0.25, -0.2) is 0 Å². The number of para-hydroxylation sites is 1. The number of benzene rings is 1. The zero-order valence-corrected chi connectivity index (χ0v) is 19.7. The predicted octanol–water partition coefficient (Wildman–Crippen LogP) is 7.31. The molecule has 1 aliphatic heterocycles. The standard InChI is InChI=1S/C28H40N2/c1-8-18-30(27-21(4)11-9-12-22(27)5)24(7)28(29-19-10-13-23(29)6)26-16-14-25(15-17-26)20(2)3/h8-9,11-12,16,18,23,25,28H,2,7,10,13-15,17,19H2,1,3-6H3/b18-8-. The summed E-state index contributed by atoms with van der Waals surface area (Å²) in [5, 5.41) is 0. The molecule has 2 heteroatoms. The van der Waals surface area contributed by atoms with Crippen LogP contribution < -0.4 is 4.90 Å². The maximum absolute atomic E-state index is 4.72. The summed E-state index contributed by atoms with van der Waals surface area (Å²) in [6, 6.07) is 7.42. The summed E-state index contributed by atoms with van der Waals surface area (Å²) in [4.78, 5) is 5.05. The maximum Gasteiger partial charge on any atom is 0.0715 e. The monoisotopic (exact) mass is 404 g/mol. The van der Waals surface area contributed by atoms with Crippen LogP contribution in [0, 0.1) is 19.8 Å². The molecular formula is C28H40N2. The van der Waals surface area contributed by atoms with Gasteiger partial charge >= 0.3 is 0 Å². The Balaban J connectivity index is 2.01. The van der Waals surface area contributed by atoms with Crippen molar-refractivity contribution >= 4 is 5.69 Å². The van der Waals surface area contributed by atoms with Gasteiger partial charge in [-0.05, 0) is 90.3 Å². The summed E-state index contributed by atoms with van der Waals surface area (Å²) in [7, 11) is 0. The van der Waals surface area contributed by atoms with Crippen molar-refractivity contribution in [2.45, 2.75) is 78.8 Å².